The van der Waals surface area contributed by atoms with Crippen LogP contribution in [0.25, 0.3) is 6.08 Å². The van der Waals surface area contributed by atoms with Crippen LogP contribution in [0.1, 0.15) is 29.0 Å². The third kappa shape index (κ3) is 4.45. The van der Waals surface area contributed by atoms with Crippen LogP contribution in [-0.4, -0.2) is 13.0 Å². The molecule has 0 aliphatic rings. The van der Waals surface area contributed by atoms with Gasteiger partial charge < -0.3 is 10.1 Å². The van der Waals surface area contributed by atoms with Crippen molar-refractivity contribution < 1.29 is 9.53 Å². The standard InChI is InChI=1S/C17H18BrNO2S/c1-11-4-7-15(21-3)14(10-11)12(2)19-17(20)9-6-13-5-8-16(18)22-13/h4-10,12H,1-3H3,(H,19,20)/b9-6+/t12-/m1/s1. The van der Waals surface area contributed by atoms with Crippen molar-refractivity contribution in [3.63, 3.8) is 0 Å². The largest absolute Gasteiger partial charge is 0.496 e. The first-order valence-corrected chi connectivity index (χ1v) is 8.49. The summed E-state index contributed by atoms with van der Waals surface area (Å²) < 4.78 is 6.41. The summed E-state index contributed by atoms with van der Waals surface area (Å²) in [6.07, 6.45) is 3.36. The van der Waals surface area contributed by atoms with Gasteiger partial charge in [0.1, 0.15) is 5.75 Å². The highest BCUT2D eigenvalue weighted by atomic mass is 79.9. The lowest BCUT2D eigenvalue weighted by atomic mass is 10.0. The molecule has 0 radical (unpaired) electrons. The van der Waals surface area contributed by atoms with Crippen LogP contribution in [0.15, 0.2) is 40.2 Å². The Hall–Kier alpha value is -1.59. The number of nitrogens with one attached hydrogen (secondary N) is 1. The molecule has 0 aliphatic carbocycles. The van der Waals surface area contributed by atoms with E-state index in [1.807, 2.05) is 50.3 Å². The van der Waals surface area contributed by atoms with Gasteiger partial charge in [0.05, 0.1) is 16.9 Å². The summed E-state index contributed by atoms with van der Waals surface area (Å²) in [7, 11) is 1.64. The maximum absolute atomic E-state index is 12.0. The van der Waals surface area contributed by atoms with E-state index in [0.29, 0.717) is 0 Å². The fourth-order valence-electron chi connectivity index (χ4n) is 2.11. The summed E-state index contributed by atoms with van der Waals surface area (Å²) in [5, 5.41) is 2.96. The summed E-state index contributed by atoms with van der Waals surface area (Å²) in [4.78, 5) is 13.1. The second-order valence-electron chi connectivity index (χ2n) is 4.95. The van der Waals surface area contributed by atoms with E-state index in [4.69, 9.17) is 4.74 Å². The first kappa shape index (κ1) is 16.8. The van der Waals surface area contributed by atoms with Gasteiger partial charge in [0.2, 0.25) is 5.91 Å². The van der Waals surface area contributed by atoms with Crippen LogP contribution in [0.4, 0.5) is 0 Å². The molecule has 1 amide bonds. The molecule has 1 N–H and O–H groups in total. The predicted molar refractivity (Wildman–Crippen MR) is 95.3 cm³/mol. The van der Waals surface area contributed by atoms with Crippen molar-refractivity contribution in [1.29, 1.82) is 0 Å². The van der Waals surface area contributed by atoms with Gasteiger partial charge in [-0.25, -0.2) is 0 Å². The molecule has 1 atom stereocenters. The van der Waals surface area contributed by atoms with Crippen molar-refractivity contribution in [2.24, 2.45) is 0 Å². The first-order chi connectivity index (χ1) is 10.5. The van der Waals surface area contributed by atoms with E-state index in [9.17, 15) is 4.79 Å². The number of ether oxygens (including phenoxy) is 1. The smallest absolute Gasteiger partial charge is 0.244 e. The van der Waals surface area contributed by atoms with E-state index in [1.165, 1.54) is 0 Å². The van der Waals surface area contributed by atoms with Gasteiger partial charge in [0.15, 0.2) is 0 Å². The lowest BCUT2D eigenvalue weighted by molar-refractivity contribution is -0.117. The number of amides is 1. The molecule has 1 aromatic carbocycles. The highest BCUT2D eigenvalue weighted by molar-refractivity contribution is 9.11. The zero-order valence-electron chi connectivity index (χ0n) is 12.7. The number of carbonyl (C=O) groups excluding carboxylic acids is 1. The summed E-state index contributed by atoms with van der Waals surface area (Å²) in [5.41, 5.74) is 2.11. The predicted octanol–water partition coefficient (Wildman–Crippen LogP) is 4.72. The van der Waals surface area contributed by atoms with Crippen molar-refractivity contribution in [1.82, 2.24) is 5.32 Å². The van der Waals surface area contributed by atoms with Gasteiger partial charge in [-0.2, -0.15) is 0 Å². The molecule has 0 bridgehead atoms. The number of carbonyl (C=O) groups is 1. The zero-order chi connectivity index (χ0) is 16.1. The average molecular weight is 380 g/mol. The van der Waals surface area contributed by atoms with Crippen molar-refractivity contribution in [3.8, 4) is 5.75 Å². The highest BCUT2D eigenvalue weighted by Crippen LogP contribution is 2.26. The lowest BCUT2D eigenvalue weighted by Gasteiger charge is -2.17. The van der Waals surface area contributed by atoms with E-state index < -0.39 is 0 Å². The molecule has 5 heteroatoms. The summed E-state index contributed by atoms with van der Waals surface area (Å²) in [6.45, 7) is 3.97. The molecule has 3 nitrogen and oxygen atoms in total. The Labute approximate surface area is 143 Å². The number of hydrogen-bond donors (Lipinski definition) is 1. The van der Waals surface area contributed by atoms with Crippen LogP contribution in [0.2, 0.25) is 0 Å². The number of aryl methyl sites for hydroxylation is 1. The maximum Gasteiger partial charge on any atom is 0.244 e. The molecule has 1 heterocycles. The van der Waals surface area contributed by atoms with Gasteiger partial charge in [-0.3, -0.25) is 4.79 Å². The van der Waals surface area contributed by atoms with Crippen LogP contribution in [0, 0.1) is 6.92 Å². The molecule has 1 aromatic heterocycles. The Morgan fingerprint density at radius 3 is 2.77 bits per heavy atom. The van der Waals surface area contributed by atoms with E-state index in [-0.39, 0.29) is 11.9 Å². The van der Waals surface area contributed by atoms with Crippen molar-refractivity contribution in [2.45, 2.75) is 19.9 Å². The summed E-state index contributed by atoms with van der Waals surface area (Å²) in [6, 6.07) is 9.75. The van der Waals surface area contributed by atoms with E-state index >= 15 is 0 Å². The molecule has 0 saturated carbocycles. The molecule has 116 valence electrons. The molecule has 2 rings (SSSR count). The van der Waals surface area contributed by atoms with Gasteiger partial charge in [0.25, 0.3) is 0 Å². The Balaban J connectivity index is 2.05. The summed E-state index contributed by atoms with van der Waals surface area (Å²) >= 11 is 4.99. The molecule has 0 spiro atoms. The Morgan fingerprint density at radius 2 is 2.14 bits per heavy atom. The Bertz CT molecular complexity index is 694. The average Bonchev–Trinajstić information content (AvgIpc) is 2.90. The Morgan fingerprint density at radius 1 is 1.36 bits per heavy atom. The fraction of sp³-hybridized carbons (Fsp3) is 0.235. The van der Waals surface area contributed by atoms with Crippen LogP contribution in [-0.2, 0) is 4.79 Å². The first-order valence-electron chi connectivity index (χ1n) is 6.88. The second-order valence-corrected chi connectivity index (χ2v) is 7.45. The number of halogens is 1. The quantitative estimate of drug-likeness (QED) is 0.763. The molecule has 22 heavy (non-hydrogen) atoms. The number of rotatable bonds is 5. The molecular formula is C17H18BrNO2S. The van der Waals surface area contributed by atoms with Gasteiger partial charge in [0, 0.05) is 16.5 Å². The number of thiophene rings is 1. The molecule has 0 aliphatic heterocycles. The minimum Gasteiger partial charge on any atom is -0.496 e. The third-order valence-corrected chi connectivity index (χ3v) is 4.79. The number of hydrogen-bond acceptors (Lipinski definition) is 3. The molecular weight excluding hydrogens is 362 g/mol. The van der Waals surface area contributed by atoms with E-state index in [0.717, 1.165) is 25.5 Å². The zero-order valence-corrected chi connectivity index (χ0v) is 15.1. The van der Waals surface area contributed by atoms with Crippen LogP contribution < -0.4 is 10.1 Å². The Kier molecular flexibility index (Phi) is 5.80. The van der Waals surface area contributed by atoms with Gasteiger partial charge in [-0.1, -0.05) is 17.7 Å². The normalized spacial score (nSPS) is 12.4. The molecule has 0 fully saturated rings. The fourth-order valence-corrected chi connectivity index (χ4v) is 3.43. The number of benzene rings is 1. The highest BCUT2D eigenvalue weighted by Gasteiger charge is 2.13. The van der Waals surface area contributed by atoms with Crippen molar-refractivity contribution in [3.05, 3.63) is 56.2 Å². The van der Waals surface area contributed by atoms with Crippen molar-refractivity contribution >= 4 is 39.2 Å². The van der Waals surface area contributed by atoms with Crippen molar-refractivity contribution in [2.75, 3.05) is 7.11 Å². The maximum atomic E-state index is 12.0. The van der Waals surface area contributed by atoms with E-state index in [2.05, 4.69) is 21.2 Å². The monoisotopic (exact) mass is 379 g/mol. The topological polar surface area (TPSA) is 38.3 Å². The van der Waals surface area contributed by atoms with Gasteiger partial charge in [-0.05, 0) is 54.1 Å². The van der Waals surface area contributed by atoms with Crippen LogP contribution in [0.3, 0.4) is 0 Å². The third-order valence-electron chi connectivity index (χ3n) is 3.20. The number of methoxy groups -OCH3 is 1. The minimum atomic E-state index is -0.124. The minimum absolute atomic E-state index is 0.123. The van der Waals surface area contributed by atoms with Crippen LogP contribution >= 0.6 is 27.3 Å². The SMILES string of the molecule is COc1ccc(C)cc1[C@@H](C)NC(=O)/C=C/c1ccc(Br)s1. The molecule has 0 saturated heterocycles. The van der Waals surface area contributed by atoms with Gasteiger partial charge >= 0.3 is 0 Å². The molecule has 0 unspecified atom stereocenters. The summed E-state index contributed by atoms with van der Waals surface area (Å²) in [5.74, 6) is 0.658. The van der Waals surface area contributed by atoms with Crippen LogP contribution in [0.5, 0.6) is 5.75 Å². The second kappa shape index (κ2) is 7.61. The van der Waals surface area contributed by atoms with E-state index in [1.54, 1.807) is 24.5 Å². The lowest BCUT2D eigenvalue weighted by Crippen LogP contribution is -2.25. The van der Waals surface area contributed by atoms with Gasteiger partial charge in [-0.15, -0.1) is 11.3 Å². The molecule has 2 aromatic rings.